The van der Waals surface area contributed by atoms with Crippen LogP contribution in [0.5, 0.6) is 5.88 Å². The molecule has 1 aromatic carbocycles. The molecule has 1 N–H and O–H groups in total. The van der Waals surface area contributed by atoms with Gasteiger partial charge in [-0.1, -0.05) is 17.7 Å². The summed E-state index contributed by atoms with van der Waals surface area (Å²) in [5.41, 5.74) is 1.73. The summed E-state index contributed by atoms with van der Waals surface area (Å²) in [5, 5.41) is 3.26. The van der Waals surface area contributed by atoms with Crippen molar-refractivity contribution in [1.82, 2.24) is 19.9 Å². The smallest absolute Gasteiger partial charge is 0.222 e. The van der Waals surface area contributed by atoms with Gasteiger partial charge < -0.3 is 15.0 Å². The van der Waals surface area contributed by atoms with Crippen molar-refractivity contribution in [2.24, 2.45) is 0 Å². The molecule has 1 saturated carbocycles. The van der Waals surface area contributed by atoms with E-state index in [1.165, 1.54) is 7.11 Å². The molecule has 1 aliphatic carbocycles. The van der Waals surface area contributed by atoms with E-state index in [4.69, 9.17) is 16.3 Å². The van der Waals surface area contributed by atoms with E-state index in [0.717, 1.165) is 49.4 Å². The Labute approximate surface area is 227 Å². The molecular formula is C27H31ClFN5O3S. The Morgan fingerprint density at radius 3 is 2.45 bits per heavy atom. The number of aromatic nitrogens is 3. The summed E-state index contributed by atoms with van der Waals surface area (Å²) in [6, 6.07) is 7.53. The molecule has 3 aromatic rings. The number of benzene rings is 1. The predicted octanol–water partition coefficient (Wildman–Crippen LogP) is 5.10. The predicted molar refractivity (Wildman–Crippen MR) is 147 cm³/mol. The lowest BCUT2D eigenvalue weighted by atomic mass is 9.91. The number of hydrogen-bond acceptors (Lipinski definition) is 8. The minimum atomic E-state index is -3.83. The molecule has 202 valence electrons. The number of pyridine rings is 1. The van der Waals surface area contributed by atoms with E-state index >= 15 is 0 Å². The Kier molecular flexibility index (Phi) is 8.96. The molecule has 0 unspecified atom stereocenters. The summed E-state index contributed by atoms with van der Waals surface area (Å²) >= 11 is 5.95. The van der Waals surface area contributed by atoms with E-state index < -0.39 is 21.4 Å². The number of sulfone groups is 1. The first kappa shape index (κ1) is 27.9. The lowest BCUT2D eigenvalue weighted by Gasteiger charge is -2.32. The molecule has 0 spiro atoms. The van der Waals surface area contributed by atoms with Gasteiger partial charge in [-0.15, -0.1) is 0 Å². The molecule has 0 saturated heterocycles. The van der Waals surface area contributed by atoms with Gasteiger partial charge in [0.15, 0.2) is 9.84 Å². The zero-order valence-electron chi connectivity index (χ0n) is 21.6. The van der Waals surface area contributed by atoms with Gasteiger partial charge in [-0.2, -0.15) is 0 Å². The van der Waals surface area contributed by atoms with Crippen molar-refractivity contribution in [2.45, 2.75) is 48.4 Å². The molecule has 0 amide bonds. The minimum Gasteiger partial charge on any atom is -0.481 e. The molecule has 2 aromatic heterocycles. The van der Waals surface area contributed by atoms with E-state index in [9.17, 15) is 12.8 Å². The van der Waals surface area contributed by atoms with Gasteiger partial charge in [0.25, 0.3) is 0 Å². The van der Waals surface area contributed by atoms with Crippen LogP contribution in [0.3, 0.4) is 0 Å². The molecule has 4 rings (SSSR count). The monoisotopic (exact) mass is 559 g/mol. The van der Waals surface area contributed by atoms with Gasteiger partial charge in [0.2, 0.25) is 11.8 Å². The maximum atomic E-state index is 13.3. The largest absolute Gasteiger partial charge is 0.481 e. The van der Waals surface area contributed by atoms with Gasteiger partial charge in [-0.3, -0.25) is 0 Å². The van der Waals surface area contributed by atoms with Crippen LogP contribution in [0.25, 0.3) is 12.2 Å². The molecule has 0 radical (unpaired) electrons. The highest BCUT2D eigenvalue weighted by atomic mass is 35.5. The first-order chi connectivity index (χ1) is 18.1. The molecule has 11 heteroatoms. The molecule has 2 heterocycles. The van der Waals surface area contributed by atoms with Crippen molar-refractivity contribution >= 4 is 39.5 Å². The van der Waals surface area contributed by atoms with Crippen molar-refractivity contribution in [3.63, 3.8) is 0 Å². The number of nitrogens with zero attached hydrogens (tertiary/aromatic N) is 4. The summed E-state index contributed by atoms with van der Waals surface area (Å²) in [6.45, 7) is 0. The second-order valence-electron chi connectivity index (χ2n) is 9.52. The lowest BCUT2D eigenvalue weighted by molar-refractivity contribution is 0.221. The van der Waals surface area contributed by atoms with Crippen LogP contribution < -0.4 is 10.1 Å². The average molecular weight is 560 g/mol. The molecule has 1 aliphatic rings. The summed E-state index contributed by atoms with van der Waals surface area (Å²) < 4.78 is 44.3. The van der Waals surface area contributed by atoms with Crippen molar-refractivity contribution < 1.29 is 17.5 Å². The number of ether oxygens (including phenoxy) is 1. The Hall–Kier alpha value is -3.08. The van der Waals surface area contributed by atoms with Crippen LogP contribution in [0.2, 0.25) is 5.02 Å². The zero-order valence-corrected chi connectivity index (χ0v) is 23.1. The molecule has 1 fully saturated rings. The lowest BCUT2D eigenvalue weighted by Crippen LogP contribution is -2.36. The third-order valence-electron chi connectivity index (χ3n) is 6.59. The fourth-order valence-corrected chi connectivity index (χ4v) is 6.32. The van der Waals surface area contributed by atoms with E-state index in [1.807, 2.05) is 6.08 Å². The van der Waals surface area contributed by atoms with Crippen molar-refractivity contribution in [1.29, 1.82) is 0 Å². The highest BCUT2D eigenvalue weighted by molar-refractivity contribution is 7.90. The molecule has 0 bridgehead atoms. The van der Waals surface area contributed by atoms with Crippen LogP contribution >= 0.6 is 11.6 Å². The van der Waals surface area contributed by atoms with Gasteiger partial charge in [0, 0.05) is 35.6 Å². The molecule has 8 nitrogen and oxygen atoms in total. The Morgan fingerprint density at radius 1 is 1.11 bits per heavy atom. The highest BCUT2D eigenvalue weighted by Crippen LogP contribution is 2.27. The van der Waals surface area contributed by atoms with E-state index in [-0.39, 0.29) is 21.5 Å². The average Bonchev–Trinajstić information content (AvgIpc) is 2.88. The first-order valence-electron chi connectivity index (χ1n) is 12.3. The van der Waals surface area contributed by atoms with Gasteiger partial charge in [-0.05, 0) is 76.2 Å². The zero-order chi connectivity index (χ0) is 27.3. The summed E-state index contributed by atoms with van der Waals surface area (Å²) in [6.07, 6.45) is 11.6. The Balaban J connectivity index is 1.40. The number of methoxy groups -OCH3 is 1. The van der Waals surface area contributed by atoms with E-state index in [0.29, 0.717) is 23.6 Å². The maximum absolute atomic E-state index is 13.3. The molecular weight excluding hydrogens is 529 g/mol. The second kappa shape index (κ2) is 12.2. The van der Waals surface area contributed by atoms with Gasteiger partial charge in [0.05, 0.1) is 28.5 Å². The van der Waals surface area contributed by atoms with Crippen LogP contribution in [0.1, 0.15) is 42.5 Å². The summed E-state index contributed by atoms with van der Waals surface area (Å²) in [7, 11) is 1.89. The first-order valence-corrected chi connectivity index (χ1v) is 14.3. The maximum Gasteiger partial charge on any atom is 0.222 e. The van der Waals surface area contributed by atoms with Crippen LogP contribution in [0, 0.1) is 5.82 Å². The number of anilines is 1. The van der Waals surface area contributed by atoms with Crippen LogP contribution in [0.15, 0.2) is 47.6 Å². The number of halogens is 2. The van der Waals surface area contributed by atoms with Crippen molar-refractivity contribution in [2.75, 3.05) is 26.5 Å². The van der Waals surface area contributed by atoms with Crippen molar-refractivity contribution in [3.05, 3.63) is 70.4 Å². The molecule has 0 aliphatic heterocycles. The third kappa shape index (κ3) is 7.06. The van der Waals surface area contributed by atoms with Gasteiger partial charge in [-0.25, -0.2) is 27.8 Å². The van der Waals surface area contributed by atoms with E-state index in [1.54, 1.807) is 30.6 Å². The quantitative estimate of drug-likeness (QED) is 0.362. The normalized spacial score (nSPS) is 18.2. The standard InChI is InChI=1S/C27H31ClFN5O3S/c1-34(2)23-11-9-21(10-12-23)33-27-30-15-18(16-31-27)4-5-19-6-8-22(32-26(19)37-3)17-38(35,36)25-13-7-20(29)14-24(25)28/h4-8,13-16,21,23H,9-12,17H2,1-3H3,(H,30,31,33)/b5-4+. The topological polar surface area (TPSA) is 97.3 Å². The van der Waals surface area contributed by atoms with Crippen LogP contribution in [-0.2, 0) is 15.6 Å². The molecule has 38 heavy (non-hydrogen) atoms. The van der Waals surface area contributed by atoms with Crippen LogP contribution in [0.4, 0.5) is 10.3 Å². The fourth-order valence-electron chi connectivity index (χ4n) is 4.46. The minimum absolute atomic E-state index is 0.149. The number of hydrogen-bond donors (Lipinski definition) is 1. The van der Waals surface area contributed by atoms with Crippen LogP contribution in [-0.4, -0.2) is 61.6 Å². The second-order valence-corrected chi connectivity index (χ2v) is 11.9. The Bertz CT molecular complexity index is 1390. The van der Waals surface area contributed by atoms with Gasteiger partial charge >= 0.3 is 0 Å². The molecule has 0 atom stereocenters. The highest BCUT2D eigenvalue weighted by Gasteiger charge is 2.23. The summed E-state index contributed by atoms with van der Waals surface area (Å²) in [5.74, 6) is -0.130. The number of rotatable bonds is 9. The fraction of sp³-hybridized carbons (Fsp3) is 0.370. The van der Waals surface area contributed by atoms with Crippen molar-refractivity contribution in [3.8, 4) is 5.88 Å². The Morgan fingerprint density at radius 2 is 1.82 bits per heavy atom. The SMILES string of the molecule is COc1nc(CS(=O)(=O)c2ccc(F)cc2Cl)ccc1/C=C/c1cnc(NC2CCC(N(C)C)CC2)nc1. The summed E-state index contributed by atoms with van der Waals surface area (Å²) in [4.78, 5) is 15.4. The van der Waals surface area contributed by atoms with E-state index in [2.05, 4.69) is 39.3 Å². The third-order valence-corrected chi connectivity index (χ3v) is 8.72. The van der Waals surface area contributed by atoms with Gasteiger partial charge in [0.1, 0.15) is 5.82 Å². The number of nitrogens with one attached hydrogen (secondary N) is 1.